The van der Waals surface area contributed by atoms with Crippen LogP contribution >= 0.6 is 23.2 Å². The molecule has 0 radical (unpaired) electrons. The second-order valence-corrected chi connectivity index (χ2v) is 7.54. The molecule has 0 bridgehead atoms. The monoisotopic (exact) mass is 436 g/mol. The summed E-state index contributed by atoms with van der Waals surface area (Å²) in [6.07, 6.45) is 0.491. The van der Waals surface area contributed by atoms with Crippen molar-refractivity contribution >= 4 is 35.0 Å². The molecule has 2 rings (SSSR count). The summed E-state index contributed by atoms with van der Waals surface area (Å²) in [7, 11) is 0. The average Bonchev–Trinajstić information content (AvgIpc) is 2.67. The fraction of sp³-hybridized carbons (Fsp3) is 0.364. The zero-order chi connectivity index (χ0) is 21.4. The zero-order valence-electron chi connectivity index (χ0n) is 16.9. The van der Waals surface area contributed by atoms with Gasteiger partial charge in [-0.3, -0.25) is 9.59 Å². The molecule has 0 saturated heterocycles. The predicted octanol–water partition coefficient (Wildman–Crippen LogP) is 4.62. The third-order valence-electron chi connectivity index (χ3n) is 4.42. The molecule has 29 heavy (non-hydrogen) atoms. The fourth-order valence-electron chi connectivity index (χ4n) is 3.03. The number of nitrogens with one attached hydrogen (secondary N) is 1. The SMILES string of the molecule is CCNC(=O)[C@@H](CC)N(Cc1cccc(C)c1)C(=O)COc1ccc(Cl)cc1Cl. The lowest BCUT2D eigenvalue weighted by molar-refractivity contribution is -0.142. The molecule has 1 N–H and O–H groups in total. The summed E-state index contributed by atoms with van der Waals surface area (Å²) in [4.78, 5) is 27.2. The maximum atomic E-state index is 13.0. The number of halogens is 2. The minimum Gasteiger partial charge on any atom is -0.482 e. The average molecular weight is 437 g/mol. The van der Waals surface area contributed by atoms with Crippen LogP contribution in [-0.2, 0) is 16.1 Å². The first kappa shape index (κ1) is 23.0. The zero-order valence-corrected chi connectivity index (χ0v) is 18.4. The molecule has 0 aliphatic rings. The van der Waals surface area contributed by atoms with E-state index in [1.807, 2.05) is 45.0 Å². The van der Waals surface area contributed by atoms with Crippen LogP contribution in [0.2, 0.25) is 10.0 Å². The Kier molecular flexibility index (Phi) is 8.80. The van der Waals surface area contributed by atoms with E-state index in [0.29, 0.717) is 35.3 Å². The third-order valence-corrected chi connectivity index (χ3v) is 4.95. The van der Waals surface area contributed by atoms with Gasteiger partial charge in [-0.1, -0.05) is 60.0 Å². The first-order valence-corrected chi connectivity index (χ1v) is 10.3. The summed E-state index contributed by atoms with van der Waals surface area (Å²) in [5.41, 5.74) is 2.04. The molecule has 7 heteroatoms. The lowest BCUT2D eigenvalue weighted by Crippen LogP contribution is -2.50. The Morgan fingerprint density at radius 3 is 2.52 bits per heavy atom. The molecule has 2 amide bonds. The van der Waals surface area contributed by atoms with Gasteiger partial charge in [0.25, 0.3) is 5.91 Å². The van der Waals surface area contributed by atoms with Crippen LogP contribution in [0.1, 0.15) is 31.4 Å². The molecular formula is C22H26Cl2N2O3. The number of carbonyl (C=O) groups excluding carboxylic acids is 2. The molecule has 1 atom stereocenters. The smallest absolute Gasteiger partial charge is 0.261 e. The first-order valence-electron chi connectivity index (χ1n) is 9.56. The third kappa shape index (κ3) is 6.65. The van der Waals surface area contributed by atoms with Crippen LogP contribution in [0, 0.1) is 6.92 Å². The van der Waals surface area contributed by atoms with E-state index >= 15 is 0 Å². The van der Waals surface area contributed by atoms with Crippen molar-refractivity contribution in [2.75, 3.05) is 13.2 Å². The molecule has 2 aromatic rings. The molecule has 2 aromatic carbocycles. The van der Waals surface area contributed by atoms with Gasteiger partial charge in [0.15, 0.2) is 6.61 Å². The quantitative estimate of drug-likeness (QED) is 0.623. The molecule has 0 aromatic heterocycles. The lowest BCUT2D eigenvalue weighted by atomic mass is 10.1. The van der Waals surface area contributed by atoms with Crippen LogP contribution < -0.4 is 10.1 Å². The number of carbonyl (C=O) groups is 2. The van der Waals surface area contributed by atoms with Gasteiger partial charge >= 0.3 is 0 Å². The number of aryl methyl sites for hydroxylation is 1. The normalized spacial score (nSPS) is 11.6. The van der Waals surface area contributed by atoms with Gasteiger partial charge in [0.05, 0.1) is 5.02 Å². The number of benzene rings is 2. The van der Waals surface area contributed by atoms with Crippen molar-refractivity contribution in [3.63, 3.8) is 0 Å². The number of rotatable bonds is 9. The molecule has 0 unspecified atom stereocenters. The van der Waals surface area contributed by atoms with E-state index in [1.54, 1.807) is 23.1 Å². The number of nitrogens with zero attached hydrogens (tertiary/aromatic N) is 1. The molecule has 0 fully saturated rings. The lowest BCUT2D eigenvalue weighted by Gasteiger charge is -2.30. The Bertz CT molecular complexity index is 858. The first-order chi connectivity index (χ1) is 13.8. The molecule has 0 aliphatic heterocycles. The number of hydrogen-bond donors (Lipinski definition) is 1. The molecule has 0 heterocycles. The molecule has 0 aliphatic carbocycles. The van der Waals surface area contributed by atoms with Crippen LogP contribution in [0.15, 0.2) is 42.5 Å². The maximum Gasteiger partial charge on any atom is 0.261 e. The second-order valence-electron chi connectivity index (χ2n) is 6.69. The molecule has 5 nitrogen and oxygen atoms in total. The standard InChI is InChI=1S/C22H26Cl2N2O3/c1-4-19(22(28)25-5-2)26(13-16-8-6-7-15(3)11-16)21(27)14-29-20-10-9-17(23)12-18(20)24/h6-12,19H,4-5,13-14H2,1-3H3,(H,25,28)/t19-/m1/s1. The van der Waals surface area contributed by atoms with Gasteiger partial charge in [-0.05, 0) is 44.0 Å². The van der Waals surface area contributed by atoms with E-state index in [4.69, 9.17) is 27.9 Å². The highest BCUT2D eigenvalue weighted by atomic mass is 35.5. The number of hydrogen-bond acceptors (Lipinski definition) is 3. The van der Waals surface area contributed by atoms with Gasteiger partial charge in [0.1, 0.15) is 11.8 Å². The maximum absolute atomic E-state index is 13.0. The van der Waals surface area contributed by atoms with Gasteiger partial charge in [0.2, 0.25) is 5.91 Å². The summed E-state index contributed by atoms with van der Waals surface area (Å²) in [5, 5.41) is 3.62. The van der Waals surface area contributed by atoms with E-state index < -0.39 is 6.04 Å². The fourth-order valence-corrected chi connectivity index (χ4v) is 3.50. The van der Waals surface area contributed by atoms with E-state index in [1.165, 1.54) is 0 Å². The van der Waals surface area contributed by atoms with Crippen LogP contribution in [0.5, 0.6) is 5.75 Å². The van der Waals surface area contributed by atoms with Gasteiger partial charge < -0.3 is 15.0 Å². The van der Waals surface area contributed by atoms with Crippen molar-refractivity contribution in [3.8, 4) is 5.75 Å². The van der Waals surface area contributed by atoms with E-state index in [0.717, 1.165) is 11.1 Å². The Hall–Kier alpha value is -2.24. The van der Waals surface area contributed by atoms with Crippen molar-refractivity contribution in [1.82, 2.24) is 10.2 Å². The minimum absolute atomic E-state index is 0.180. The number of likely N-dealkylation sites (N-methyl/N-ethyl adjacent to an activating group) is 1. The largest absolute Gasteiger partial charge is 0.482 e. The Morgan fingerprint density at radius 2 is 1.90 bits per heavy atom. The van der Waals surface area contributed by atoms with Crippen molar-refractivity contribution in [2.45, 2.75) is 39.8 Å². The molecule has 156 valence electrons. The van der Waals surface area contributed by atoms with Gasteiger partial charge in [-0.25, -0.2) is 0 Å². The Balaban J connectivity index is 2.22. The van der Waals surface area contributed by atoms with Gasteiger partial charge in [0, 0.05) is 18.1 Å². The summed E-state index contributed by atoms with van der Waals surface area (Å²) in [6, 6.07) is 12.1. The van der Waals surface area contributed by atoms with Crippen molar-refractivity contribution < 1.29 is 14.3 Å². The molecular weight excluding hydrogens is 411 g/mol. The summed E-state index contributed by atoms with van der Waals surface area (Å²) >= 11 is 12.0. The second kappa shape index (κ2) is 11.1. The van der Waals surface area contributed by atoms with Gasteiger partial charge in [-0.15, -0.1) is 0 Å². The predicted molar refractivity (Wildman–Crippen MR) is 116 cm³/mol. The van der Waals surface area contributed by atoms with E-state index in [2.05, 4.69) is 5.32 Å². The highest BCUT2D eigenvalue weighted by Gasteiger charge is 2.28. The van der Waals surface area contributed by atoms with Crippen LogP contribution in [0.3, 0.4) is 0 Å². The highest BCUT2D eigenvalue weighted by Crippen LogP contribution is 2.27. The number of ether oxygens (including phenoxy) is 1. The van der Waals surface area contributed by atoms with Crippen LogP contribution in [0.25, 0.3) is 0 Å². The minimum atomic E-state index is -0.591. The molecule has 0 saturated carbocycles. The highest BCUT2D eigenvalue weighted by molar-refractivity contribution is 6.35. The Morgan fingerprint density at radius 1 is 1.14 bits per heavy atom. The number of amides is 2. The van der Waals surface area contributed by atoms with E-state index in [9.17, 15) is 9.59 Å². The van der Waals surface area contributed by atoms with Crippen LogP contribution in [0.4, 0.5) is 0 Å². The van der Waals surface area contributed by atoms with Crippen molar-refractivity contribution in [1.29, 1.82) is 0 Å². The van der Waals surface area contributed by atoms with Crippen molar-refractivity contribution in [3.05, 3.63) is 63.6 Å². The van der Waals surface area contributed by atoms with Gasteiger partial charge in [-0.2, -0.15) is 0 Å². The topological polar surface area (TPSA) is 58.6 Å². The summed E-state index contributed by atoms with van der Waals surface area (Å²) in [6.45, 7) is 6.30. The van der Waals surface area contributed by atoms with Crippen LogP contribution in [-0.4, -0.2) is 35.9 Å². The summed E-state index contributed by atoms with van der Waals surface area (Å²) < 4.78 is 5.62. The van der Waals surface area contributed by atoms with E-state index in [-0.39, 0.29) is 18.4 Å². The Labute approximate surface area is 181 Å². The molecule has 0 spiro atoms. The van der Waals surface area contributed by atoms with Crippen molar-refractivity contribution in [2.24, 2.45) is 0 Å². The summed E-state index contributed by atoms with van der Waals surface area (Å²) in [5.74, 6) is -0.109.